The number of anilines is 1. The molecule has 0 spiro atoms. The molecule has 0 heterocycles. The van der Waals surface area contributed by atoms with Crippen LogP contribution in [-0.2, 0) is 14.8 Å². The smallest absolute Gasteiger partial charge is 0.241 e. The van der Waals surface area contributed by atoms with E-state index in [-0.39, 0.29) is 29.1 Å². The monoisotopic (exact) mass is 320 g/mol. The van der Waals surface area contributed by atoms with E-state index in [1.54, 1.807) is 0 Å². The van der Waals surface area contributed by atoms with Crippen molar-refractivity contribution in [2.24, 2.45) is 0 Å². The van der Waals surface area contributed by atoms with Gasteiger partial charge in [-0.05, 0) is 31.5 Å². The predicted molar refractivity (Wildman–Crippen MR) is 77.9 cm³/mol. The second-order valence-electron chi connectivity index (χ2n) is 5.20. The normalized spacial score (nSPS) is 14.9. The lowest BCUT2D eigenvalue weighted by atomic mass is 10.0. The number of rotatable bonds is 7. The third kappa shape index (κ3) is 4.92. The Balaban J connectivity index is 2.90. The van der Waals surface area contributed by atoms with Gasteiger partial charge in [0.1, 0.15) is 5.82 Å². The van der Waals surface area contributed by atoms with Crippen LogP contribution in [0.5, 0.6) is 0 Å². The van der Waals surface area contributed by atoms with Crippen LogP contribution in [0.4, 0.5) is 10.1 Å². The number of hydrogen-bond acceptors (Lipinski definition) is 5. The predicted octanol–water partition coefficient (Wildman–Crippen LogP) is 0.782. The van der Waals surface area contributed by atoms with Gasteiger partial charge in [-0.15, -0.1) is 0 Å². The zero-order chi connectivity index (χ0) is 16.3. The van der Waals surface area contributed by atoms with E-state index in [9.17, 15) is 17.9 Å². The Hall–Kier alpha value is -1.22. The maximum Gasteiger partial charge on any atom is 0.241 e. The van der Waals surface area contributed by atoms with Crippen LogP contribution in [0, 0.1) is 12.7 Å². The molecule has 0 aromatic heterocycles. The molecule has 21 heavy (non-hydrogen) atoms. The van der Waals surface area contributed by atoms with Gasteiger partial charge < -0.3 is 15.6 Å². The van der Waals surface area contributed by atoms with Gasteiger partial charge in [0.2, 0.25) is 10.0 Å². The fourth-order valence-corrected chi connectivity index (χ4v) is 3.12. The molecule has 1 unspecified atom stereocenters. The van der Waals surface area contributed by atoms with Crippen molar-refractivity contribution in [2.45, 2.75) is 30.8 Å². The van der Waals surface area contributed by atoms with E-state index in [1.165, 1.54) is 21.0 Å². The number of sulfonamides is 1. The third-order valence-corrected chi connectivity index (χ3v) is 4.61. The maximum atomic E-state index is 13.3. The van der Waals surface area contributed by atoms with E-state index >= 15 is 0 Å². The summed E-state index contributed by atoms with van der Waals surface area (Å²) in [4.78, 5) is -0.107. The van der Waals surface area contributed by atoms with Crippen molar-refractivity contribution in [3.05, 3.63) is 23.5 Å². The van der Waals surface area contributed by atoms with E-state index < -0.39 is 21.4 Å². The van der Waals surface area contributed by atoms with Crippen LogP contribution in [0.25, 0.3) is 0 Å². The molecule has 1 aromatic carbocycles. The van der Waals surface area contributed by atoms with Gasteiger partial charge in [0.15, 0.2) is 0 Å². The molecular weight excluding hydrogens is 299 g/mol. The summed E-state index contributed by atoms with van der Waals surface area (Å²) in [6, 6.07) is 2.13. The summed E-state index contributed by atoms with van der Waals surface area (Å²) in [7, 11) is -2.39. The van der Waals surface area contributed by atoms with Crippen LogP contribution in [0.15, 0.2) is 17.0 Å². The van der Waals surface area contributed by atoms with Crippen LogP contribution < -0.4 is 10.5 Å². The van der Waals surface area contributed by atoms with E-state index in [1.807, 2.05) is 0 Å². The number of halogens is 1. The fraction of sp³-hybridized carbons (Fsp3) is 0.538. The van der Waals surface area contributed by atoms with Crippen molar-refractivity contribution in [1.29, 1.82) is 0 Å². The molecule has 0 bridgehead atoms. The summed E-state index contributed by atoms with van der Waals surface area (Å²) in [5, 5.41) is 10.0. The minimum Gasteiger partial charge on any atom is -0.396 e. The highest BCUT2D eigenvalue weighted by Gasteiger charge is 2.25. The highest BCUT2D eigenvalue weighted by Crippen LogP contribution is 2.21. The lowest BCUT2D eigenvalue weighted by molar-refractivity contribution is 0.0292. The van der Waals surface area contributed by atoms with E-state index in [0.717, 1.165) is 12.1 Å². The Kier molecular flexibility index (Phi) is 5.68. The first-order valence-corrected chi connectivity index (χ1v) is 7.84. The lowest BCUT2D eigenvalue weighted by Crippen LogP contribution is -2.41. The summed E-state index contributed by atoms with van der Waals surface area (Å²) in [5.41, 5.74) is 4.15. The molecule has 0 aliphatic heterocycles. The van der Waals surface area contributed by atoms with Crippen LogP contribution >= 0.6 is 0 Å². The van der Waals surface area contributed by atoms with Crippen molar-refractivity contribution in [3.63, 3.8) is 0 Å². The average molecular weight is 320 g/mol. The van der Waals surface area contributed by atoms with Gasteiger partial charge in [0.25, 0.3) is 0 Å². The number of nitrogen functional groups attached to an aromatic ring is 1. The molecule has 0 aliphatic rings. The van der Waals surface area contributed by atoms with Crippen molar-refractivity contribution in [3.8, 4) is 0 Å². The van der Waals surface area contributed by atoms with Gasteiger partial charge in [-0.1, -0.05) is 0 Å². The second kappa shape index (κ2) is 6.69. The molecule has 1 atom stereocenters. The Labute approximate surface area is 124 Å². The number of aliphatic hydroxyl groups is 1. The average Bonchev–Trinajstić information content (AvgIpc) is 2.38. The highest BCUT2D eigenvalue weighted by atomic mass is 32.2. The summed E-state index contributed by atoms with van der Waals surface area (Å²) in [6.07, 6.45) is 0.274. The van der Waals surface area contributed by atoms with Gasteiger partial charge in [-0.3, -0.25) is 0 Å². The molecule has 120 valence electrons. The van der Waals surface area contributed by atoms with Crippen LogP contribution in [0.2, 0.25) is 0 Å². The van der Waals surface area contributed by atoms with Crippen molar-refractivity contribution >= 4 is 15.7 Å². The molecule has 0 fully saturated rings. The number of benzene rings is 1. The number of aryl methyl sites for hydroxylation is 1. The Morgan fingerprint density at radius 1 is 1.48 bits per heavy atom. The quantitative estimate of drug-likeness (QED) is 0.645. The molecule has 0 radical (unpaired) electrons. The standard InChI is InChI=1S/C13H21FN2O4S/c1-9-6-10(14)11(15)7-12(9)21(18,19)16-8-13(2,17)4-5-20-3/h6-7,16-17H,4-5,8,15H2,1-3H3. The fourth-order valence-electron chi connectivity index (χ4n) is 1.70. The highest BCUT2D eigenvalue weighted by molar-refractivity contribution is 7.89. The molecular formula is C13H21FN2O4S. The molecule has 0 saturated carbocycles. The number of methoxy groups -OCH3 is 1. The van der Waals surface area contributed by atoms with Gasteiger partial charge in [-0.2, -0.15) is 0 Å². The van der Waals surface area contributed by atoms with Crippen molar-refractivity contribution in [1.82, 2.24) is 4.72 Å². The van der Waals surface area contributed by atoms with Crippen LogP contribution in [0.1, 0.15) is 18.9 Å². The van der Waals surface area contributed by atoms with E-state index in [4.69, 9.17) is 10.5 Å². The number of nitrogens with one attached hydrogen (secondary N) is 1. The van der Waals surface area contributed by atoms with Crippen LogP contribution in [-0.4, -0.2) is 39.4 Å². The number of nitrogens with two attached hydrogens (primary N) is 1. The van der Waals surface area contributed by atoms with Crippen LogP contribution in [0.3, 0.4) is 0 Å². The Morgan fingerprint density at radius 2 is 2.10 bits per heavy atom. The zero-order valence-corrected chi connectivity index (χ0v) is 13.1. The molecule has 0 saturated heterocycles. The lowest BCUT2D eigenvalue weighted by Gasteiger charge is -2.23. The molecule has 6 nitrogen and oxygen atoms in total. The molecule has 1 aromatic rings. The minimum absolute atomic E-state index is 0.107. The number of ether oxygens (including phenoxy) is 1. The van der Waals surface area contributed by atoms with E-state index in [0.29, 0.717) is 6.61 Å². The SMILES string of the molecule is COCCC(C)(O)CNS(=O)(=O)c1cc(N)c(F)cc1C. The summed E-state index contributed by atoms with van der Waals surface area (Å²) in [6.45, 7) is 3.09. The summed E-state index contributed by atoms with van der Waals surface area (Å²) in [5.74, 6) is -0.668. The van der Waals surface area contributed by atoms with Gasteiger partial charge in [-0.25, -0.2) is 17.5 Å². The van der Waals surface area contributed by atoms with Gasteiger partial charge >= 0.3 is 0 Å². The van der Waals surface area contributed by atoms with E-state index in [2.05, 4.69) is 4.72 Å². The Bertz CT molecular complexity index is 602. The molecule has 0 amide bonds. The largest absolute Gasteiger partial charge is 0.396 e. The number of hydrogen-bond donors (Lipinski definition) is 3. The Morgan fingerprint density at radius 3 is 2.67 bits per heavy atom. The third-order valence-electron chi connectivity index (χ3n) is 3.07. The first-order valence-electron chi connectivity index (χ1n) is 6.36. The zero-order valence-electron chi connectivity index (χ0n) is 12.3. The molecule has 4 N–H and O–H groups in total. The topological polar surface area (TPSA) is 102 Å². The van der Waals surface area contributed by atoms with Crippen molar-refractivity contribution in [2.75, 3.05) is 26.0 Å². The van der Waals surface area contributed by atoms with Gasteiger partial charge in [0.05, 0.1) is 16.2 Å². The van der Waals surface area contributed by atoms with Crippen molar-refractivity contribution < 1.29 is 22.7 Å². The first-order chi connectivity index (χ1) is 9.59. The summed E-state index contributed by atoms with van der Waals surface area (Å²) < 4.78 is 44.8. The minimum atomic E-state index is -3.89. The molecule has 1 rings (SSSR count). The second-order valence-corrected chi connectivity index (χ2v) is 6.94. The molecule has 8 heteroatoms. The summed E-state index contributed by atoms with van der Waals surface area (Å²) >= 11 is 0. The van der Waals surface area contributed by atoms with Gasteiger partial charge in [0, 0.05) is 26.7 Å². The maximum absolute atomic E-state index is 13.3. The first kappa shape index (κ1) is 17.8. The molecule has 0 aliphatic carbocycles.